The molecule has 53 heavy (non-hydrogen) atoms. The van der Waals surface area contributed by atoms with Gasteiger partial charge in [-0.1, -0.05) is 122 Å². The molecule has 0 N–H and O–H groups in total. The van der Waals surface area contributed by atoms with E-state index >= 15 is 0 Å². The summed E-state index contributed by atoms with van der Waals surface area (Å²) in [6, 6.07) is 43.3. The summed E-state index contributed by atoms with van der Waals surface area (Å²) in [5.74, 6) is 2.44. The maximum Gasteiger partial charge on any atom is 0.244 e. The number of hydrogen-bond donors (Lipinski definition) is 0. The van der Waals surface area contributed by atoms with Gasteiger partial charge in [0.05, 0.1) is 49.4 Å². The Morgan fingerprint density at radius 3 is 1.98 bits per heavy atom. The SMILES string of the molecule is CC(C)(C)[n+]1[c-]n(-c2cccc(Oc3ccc4c5ccccc5n(-c5cc(-c6c([Si](C)(C)C)cccc6[Si](C)(C)C)ccn5)c4c3)c2)c2ccccc21. The van der Waals surface area contributed by atoms with Crippen LogP contribution < -0.4 is 19.7 Å². The predicted octanol–water partition coefficient (Wildman–Crippen LogP) is 10.5. The second-order valence-electron chi connectivity index (χ2n) is 17.2. The van der Waals surface area contributed by atoms with Gasteiger partial charge in [-0.2, -0.15) is 0 Å². The van der Waals surface area contributed by atoms with Crippen LogP contribution in [0.1, 0.15) is 20.8 Å². The van der Waals surface area contributed by atoms with Gasteiger partial charge in [0.25, 0.3) is 0 Å². The van der Waals surface area contributed by atoms with Crippen molar-refractivity contribution < 1.29 is 9.30 Å². The fourth-order valence-electron chi connectivity index (χ4n) is 7.65. The Morgan fingerprint density at radius 1 is 0.623 bits per heavy atom. The van der Waals surface area contributed by atoms with Crippen LogP contribution in [-0.2, 0) is 5.54 Å². The van der Waals surface area contributed by atoms with Crippen LogP contribution in [0.15, 0.2) is 128 Å². The lowest BCUT2D eigenvalue weighted by Crippen LogP contribution is -2.49. The smallest absolute Gasteiger partial charge is 0.244 e. The molecular weight excluding hydrogens is 681 g/mol. The van der Waals surface area contributed by atoms with E-state index < -0.39 is 16.1 Å². The molecule has 0 unspecified atom stereocenters. The standard InChI is InChI=1S/C46H48N4OSi2/c1-46(2,3)49-31-48(39-20-12-13-21-40(39)49)33-16-14-17-34(29-33)51-35-24-25-37-36-18-10-11-19-38(36)50(41(37)30-35)44-28-32(26-27-47-44)45-42(52(4,5)6)22-15-23-43(45)53(7,8)9/h10-30H,1-9H3. The highest BCUT2D eigenvalue weighted by Crippen LogP contribution is 2.36. The molecule has 0 aliphatic heterocycles. The van der Waals surface area contributed by atoms with Crippen molar-refractivity contribution >= 4 is 59.4 Å². The highest BCUT2D eigenvalue weighted by molar-refractivity contribution is 6.93. The number of hydrogen-bond acceptors (Lipinski definition) is 2. The molecule has 3 aromatic heterocycles. The molecule has 0 saturated heterocycles. The third-order valence-corrected chi connectivity index (χ3v) is 14.2. The van der Waals surface area contributed by atoms with Gasteiger partial charge in [-0.05, 0) is 74.4 Å². The average Bonchev–Trinajstić information content (AvgIpc) is 3.67. The van der Waals surface area contributed by atoms with E-state index in [0.717, 1.165) is 45.1 Å². The van der Waals surface area contributed by atoms with E-state index in [1.54, 1.807) is 0 Å². The highest BCUT2D eigenvalue weighted by atomic mass is 28.3. The van der Waals surface area contributed by atoms with Crippen molar-refractivity contribution in [1.82, 2.24) is 14.1 Å². The number of fused-ring (bicyclic) bond motifs is 4. The van der Waals surface area contributed by atoms with Crippen molar-refractivity contribution in [3.63, 3.8) is 0 Å². The van der Waals surface area contributed by atoms with Crippen LogP contribution in [-0.4, -0.2) is 30.3 Å². The maximum atomic E-state index is 6.66. The van der Waals surface area contributed by atoms with Crippen LogP contribution in [0.2, 0.25) is 39.3 Å². The summed E-state index contributed by atoms with van der Waals surface area (Å²) in [5, 5.41) is 5.37. The number of aromatic nitrogens is 4. The van der Waals surface area contributed by atoms with Crippen molar-refractivity contribution in [2.45, 2.75) is 65.6 Å². The molecule has 7 heteroatoms. The Morgan fingerprint density at radius 2 is 1.26 bits per heavy atom. The first-order valence-corrected chi connectivity index (χ1v) is 25.6. The summed E-state index contributed by atoms with van der Waals surface area (Å²) in [6.45, 7) is 21.3. The van der Waals surface area contributed by atoms with E-state index in [1.807, 2.05) is 18.3 Å². The Kier molecular flexibility index (Phi) is 8.35. The zero-order chi connectivity index (χ0) is 37.3. The monoisotopic (exact) mass is 728 g/mol. The maximum absolute atomic E-state index is 6.66. The van der Waals surface area contributed by atoms with Crippen molar-refractivity contribution in [2.75, 3.05) is 0 Å². The molecule has 8 rings (SSSR count). The van der Waals surface area contributed by atoms with Crippen molar-refractivity contribution in [3.05, 3.63) is 134 Å². The number of rotatable bonds is 7. The Labute approximate surface area is 315 Å². The number of nitrogens with zero attached hydrogens (tertiary/aromatic N) is 4. The summed E-state index contributed by atoms with van der Waals surface area (Å²) in [4.78, 5) is 5.03. The van der Waals surface area contributed by atoms with Gasteiger partial charge in [-0.25, -0.2) is 4.98 Å². The molecule has 0 saturated carbocycles. The molecule has 0 spiro atoms. The highest BCUT2D eigenvalue weighted by Gasteiger charge is 2.28. The van der Waals surface area contributed by atoms with E-state index in [1.165, 1.54) is 32.3 Å². The van der Waals surface area contributed by atoms with Crippen molar-refractivity contribution in [2.24, 2.45) is 0 Å². The molecule has 266 valence electrons. The lowest BCUT2D eigenvalue weighted by atomic mass is 10.1. The average molecular weight is 729 g/mol. The van der Waals surface area contributed by atoms with Gasteiger partial charge in [0.1, 0.15) is 17.3 Å². The minimum atomic E-state index is -1.66. The van der Waals surface area contributed by atoms with Crippen LogP contribution in [0.5, 0.6) is 11.5 Å². The second-order valence-corrected chi connectivity index (χ2v) is 27.3. The Bertz CT molecular complexity index is 2630. The van der Waals surface area contributed by atoms with Gasteiger partial charge >= 0.3 is 0 Å². The molecule has 5 aromatic carbocycles. The number of para-hydroxylation sites is 3. The van der Waals surface area contributed by atoms with Gasteiger partial charge in [-0.3, -0.25) is 4.57 Å². The summed E-state index contributed by atoms with van der Waals surface area (Å²) in [7, 11) is -3.32. The lowest BCUT2D eigenvalue weighted by molar-refractivity contribution is -0.734. The van der Waals surface area contributed by atoms with Crippen LogP contribution >= 0.6 is 0 Å². The molecule has 5 nitrogen and oxygen atoms in total. The minimum absolute atomic E-state index is 0.116. The summed E-state index contributed by atoms with van der Waals surface area (Å²) < 4.78 is 13.3. The van der Waals surface area contributed by atoms with E-state index in [4.69, 9.17) is 9.72 Å². The zero-order valence-corrected chi connectivity index (χ0v) is 34.3. The summed E-state index contributed by atoms with van der Waals surface area (Å²) in [5.41, 5.74) is 7.96. The lowest BCUT2D eigenvalue weighted by Gasteiger charge is -2.28. The molecule has 3 heterocycles. The quantitative estimate of drug-likeness (QED) is 0.0931. The Balaban J connectivity index is 1.24. The molecule has 8 aromatic rings. The first kappa shape index (κ1) is 34.8. The van der Waals surface area contributed by atoms with Gasteiger partial charge < -0.3 is 13.9 Å². The van der Waals surface area contributed by atoms with Crippen LogP contribution in [0.4, 0.5) is 0 Å². The third-order valence-electron chi connectivity index (χ3n) is 10.1. The van der Waals surface area contributed by atoms with Crippen molar-refractivity contribution in [3.8, 4) is 34.1 Å². The number of imidazole rings is 1. The zero-order valence-electron chi connectivity index (χ0n) is 32.3. The molecule has 0 radical (unpaired) electrons. The van der Waals surface area contributed by atoms with E-state index in [-0.39, 0.29) is 5.54 Å². The van der Waals surface area contributed by atoms with Crippen LogP contribution in [0, 0.1) is 6.33 Å². The topological polar surface area (TPSA) is 35.9 Å². The first-order valence-electron chi connectivity index (χ1n) is 18.6. The van der Waals surface area contributed by atoms with Gasteiger partial charge in [0.15, 0.2) is 0 Å². The fraction of sp³-hybridized carbons (Fsp3) is 0.217. The van der Waals surface area contributed by atoms with Crippen LogP contribution in [0.3, 0.4) is 0 Å². The van der Waals surface area contributed by atoms with Gasteiger partial charge in [-0.15, -0.1) is 0 Å². The summed E-state index contributed by atoms with van der Waals surface area (Å²) in [6.07, 6.45) is 5.60. The van der Waals surface area contributed by atoms with Gasteiger partial charge in [0, 0.05) is 23.0 Å². The minimum Gasteiger partial charge on any atom is -0.458 e. The molecule has 0 aliphatic rings. The molecular formula is C46H48N4OSi2. The van der Waals surface area contributed by atoms with Crippen molar-refractivity contribution in [1.29, 1.82) is 0 Å². The number of benzene rings is 5. The van der Waals surface area contributed by atoms with E-state index in [2.05, 4.69) is 189 Å². The predicted molar refractivity (Wildman–Crippen MR) is 227 cm³/mol. The van der Waals surface area contributed by atoms with Crippen LogP contribution in [0.25, 0.3) is 55.5 Å². The molecule has 0 fully saturated rings. The Hall–Kier alpha value is -5.25. The molecule has 0 bridgehead atoms. The fourth-order valence-corrected chi connectivity index (χ4v) is 11.0. The number of ether oxygens (including phenoxy) is 1. The number of pyridine rings is 1. The third kappa shape index (κ3) is 6.32. The molecule has 0 atom stereocenters. The van der Waals surface area contributed by atoms with E-state index in [0.29, 0.717) is 0 Å². The second kappa shape index (κ2) is 12.7. The largest absolute Gasteiger partial charge is 0.458 e. The summed E-state index contributed by atoms with van der Waals surface area (Å²) >= 11 is 0. The first-order chi connectivity index (χ1) is 25.2. The van der Waals surface area contributed by atoms with Gasteiger partial charge in [0.2, 0.25) is 6.33 Å². The molecule has 0 amide bonds. The normalized spacial score (nSPS) is 12.6. The van der Waals surface area contributed by atoms with E-state index in [9.17, 15) is 0 Å². The molecule has 0 aliphatic carbocycles.